The van der Waals surface area contributed by atoms with E-state index in [1.165, 1.54) is 10.4 Å². The highest BCUT2D eigenvalue weighted by Crippen LogP contribution is 2.41. The summed E-state index contributed by atoms with van der Waals surface area (Å²) < 4.78 is 11.3. The van der Waals surface area contributed by atoms with E-state index in [1.807, 2.05) is 0 Å². The summed E-state index contributed by atoms with van der Waals surface area (Å²) in [6.45, 7) is 0.950. The molecule has 5 nitrogen and oxygen atoms in total. The Balaban J connectivity index is 1.67. The number of aromatic nitrogens is 2. The third-order valence-corrected chi connectivity index (χ3v) is 5.69. The van der Waals surface area contributed by atoms with Gasteiger partial charge in [-0.1, -0.05) is 5.16 Å². The quantitative estimate of drug-likeness (QED) is 0.945. The second kappa shape index (κ2) is 5.19. The molecule has 0 radical (unpaired) electrons. The van der Waals surface area contributed by atoms with Crippen molar-refractivity contribution in [2.75, 3.05) is 13.7 Å². The highest BCUT2D eigenvalue weighted by molar-refractivity contribution is 7.10. The van der Waals surface area contributed by atoms with Gasteiger partial charge in [0, 0.05) is 18.5 Å². The van der Waals surface area contributed by atoms with Crippen molar-refractivity contribution in [3.05, 3.63) is 33.6 Å². The van der Waals surface area contributed by atoms with Crippen LogP contribution in [-0.4, -0.2) is 23.8 Å². The van der Waals surface area contributed by atoms with Crippen molar-refractivity contribution in [2.24, 2.45) is 0 Å². The standard InChI is InChI=1S/C15H19N3O2S/c1-19-15(6-2-3-7-15)14-17-13(20-18-14)12-10-5-9-21-11(10)4-8-16-12/h5,9,12,16H,2-4,6-8H2,1H3. The third-order valence-electron chi connectivity index (χ3n) is 4.69. The topological polar surface area (TPSA) is 60.2 Å². The lowest BCUT2D eigenvalue weighted by molar-refractivity contribution is -0.0178. The zero-order valence-corrected chi connectivity index (χ0v) is 12.9. The van der Waals surface area contributed by atoms with Gasteiger partial charge in [-0.25, -0.2) is 0 Å². The SMILES string of the molecule is COC1(c2noc(C3NCCc4sccc43)n2)CCCC1. The molecule has 1 aliphatic carbocycles. The monoisotopic (exact) mass is 305 g/mol. The first-order valence-electron chi connectivity index (χ1n) is 7.51. The van der Waals surface area contributed by atoms with Gasteiger partial charge in [0.05, 0.1) is 0 Å². The summed E-state index contributed by atoms with van der Waals surface area (Å²) in [5.74, 6) is 1.37. The molecule has 2 aliphatic rings. The fourth-order valence-electron chi connectivity index (χ4n) is 3.47. The van der Waals surface area contributed by atoms with Crippen molar-refractivity contribution in [1.82, 2.24) is 15.5 Å². The van der Waals surface area contributed by atoms with Gasteiger partial charge >= 0.3 is 0 Å². The Kier molecular flexibility index (Phi) is 3.32. The van der Waals surface area contributed by atoms with Gasteiger partial charge in [0.1, 0.15) is 11.6 Å². The van der Waals surface area contributed by atoms with Crippen molar-refractivity contribution in [2.45, 2.75) is 43.7 Å². The largest absolute Gasteiger partial charge is 0.370 e. The van der Waals surface area contributed by atoms with E-state index in [4.69, 9.17) is 9.26 Å². The van der Waals surface area contributed by atoms with E-state index in [0.717, 1.165) is 38.6 Å². The van der Waals surface area contributed by atoms with Crippen LogP contribution in [0.15, 0.2) is 16.0 Å². The van der Waals surface area contributed by atoms with E-state index < -0.39 is 0 Å². The minimum absolute atomic E-state index is 0.0246. The van der Waals surface area contributed by atoms with Crippen LogP contribution in [0.3, 0.4) is 0 Å². The number of hydrogen-bond donors (Lipinski definition) is 1. The number of fused-ring (bicyclic) bond motifs is 1. The van der Waals surface area contributed by atoms with Crippen LogP contribution >= 0.6 is 11.3 Å². The van der Waals surface area contributed by atoms with E-state index in [-0.39, 0.29) is 11.6 Å². The molecule has 1 aliphatic heterocycles. The Labute approximate surface area is 127 Å². The van der Waals surface area contributed by atoms with E-state index in [0.29, 0.717) is 11.7 Å². The summed E-state index contributed by atoms with van der Waals surface area (Å²) in [6, 6.07) is 2.18. The normalized spacial score (nSPS) is 24.1. The van der Waals surface area contributed by atoms with Gasteiger partial charge in [0.25, 0.3) is 0 Å². The third kappa shape index (κ3) is 2.13. The zero-order valence-electron chi connectivity index (χ0n) is 12.1. The molecule has 21 heavy (non-hydrogen) atoms. The van der Waals surface area contributed by atoms with Gasteiger partial charge in [-0.05, 0) is 49.1 Å². The van der Waals surface area contributed by atoms with E-state index in [1.54, 1.807) is 18.4 Å². The van der Waals surface area contributed by atoms with E-state index in [9.17, 15) is 0 Å². The lowest BCUT2D eigenvalue weighted by Crippen LogP contribution is -2.30. The molecule has 0 spiro atoms. The van der Waals surface area contributed by atoms with Gasteiger partial charge in [-0.3, -0.25) is 0 Å². The summed E-state index contributed by atoms with van der Waals surface area (Å²) >= 11 is 1.81. The molecule has 0 saturated heterocycles. The number of hydrogen-bond acceptors (Lipinski definition) is 6. The Hall–Kier alpha value is -1.24. The van der Waals surface area contributed by atoms with Crippen LogP contribution in [0.4, 0.5) is 0 Å². The van der Waals surface area contributed by atoms with Crippen LogP contribution in [0.2, 0.25) is 0 Å². The van der Waals surface area contributed by atoms with Gasteiger partial charge in [0.2, 0.25) is 11.7 Å². The lowest BCUT2D eigenvalue weighted by atomic mass is 10.0. The summed E-state index contributed by atoms with van der Waals surface area (Å²) in [6.07, 6.45) is 5.35. The maximum absolute atomic E-state index is 5.74. The maximum Gasteiger partial charge on any atom is 0.248 e. The van der Waals surface area contributed by atoms with Gasteiger partial charge in [-0.15, -0.1) is 11.3 Å². The van der Waals surface area contributed by atoms with Crippen molar-refractivity contribution in [1.29, 1.82) is 0 Å². The first-order chi connectivity index (χ1) is 10.3. The Morgan fingerprint density at radius 2 is 2.29 bits per heavy atom. The average molecular weight is 305 g/mol. The molecule has 1 atom stereocenters. The summed E-state index contributed by atoms with van der Waals surface area (Å²) in [7, 11) is 1.75. The predicted octanol–water partition coefficient (Wildman–Crippen LogP) is 2.78. The van der Waals surface area contributed by atoms with Crippen LogP contribution in [0.1, 0.15) is 53.9 Å². The van der Waals surface area contributed by atoms with E-state index >= 15 is 0 Å². The van der Waals surface area contributed by atoms with Crippen LogP contribution in [0, 0.1) is 0 Å². The van der Waals surface area contributed by atoms with Crippen LogP contribution in [0.5, 0.6) is 0 Å². The predicted molar refractivity (Wildman–Crippen MR) is 79.3 cm³/mol. The zero-order chi connectivity index (χ0) is 14.3. The Morgan fingerprint density at radius 3 is 3.10 bits per heavy atom. The highest BCUT2D eigenvalue weighted by Gasteiger charge is 2.41. The molecule has 4 rings (SSSR count). The molecule has 6 heteroatoms. The summed E-state index contributed by atoms with van der Waals surface area (Å²) in [4.78, 5) is 6.09. The number of methoxy groups -OCH3 is 1. The van der Waals surface area contributed by atoms with Crippen molar-refractivity contribution in [3.8, 4) is 0 Å². The first-order valence-corrected chi connectivity index (χ1v) is 8.39. The Morgan fingerprint density at radius 1 is 1.43 bits per heavy atom. The Bertz CT molecular complexity index is 630. The number of ether oxygens (including phenoxy) is 1. The number of rotatable bonds is 3. The molecular formula is C15H19N3O2S. The van der Waals surface area contributed by atoms with Crippen molar-refractivity contribution in [3.63, 3.8) is 0 Å². The van der Waals surface area contributed by atoms with Crippen LogP contribution in [-0.2, 0) is 16.8 Å². The molecule has 1 N–H and O–H groups in total. The molecule has 1 fully saturated rings. The molecule has 0 aromatic carbocycles. The van der Waals surface area contributed by atoms with Crippen molar-refractivity contribution < 1.29 is 9.26 Å². The van der Waals surface area contributed by atoms with Crippen LogP contribution in [0.25, 0.3) is 0 Å². The fraction of sp³-hybridized carbons (Fsp3) is 0.600. The second-order valence-electron chi connectivity index (χ2n) is 5.80. The number of nitrogens with one attached hydrogen (secondary N) is 1. The van der Waals surface area contributed by atoms with Gasteiger partial charge in [-0.2, -0.15) is 4.98 Å². The lowest BCUT2D eigenvalue weighted by Gasteiger charge is -2.23. The minimum atomic E-state index is -0.339. The molecule has 3 heterocycles. The van der Waals surface area contributed by atoms with E-state index in [2.05, 4.69) is 26.9 Å². The van der Waals surface area contributed by atoms with Crippen molar-refractivity contribution >= 4 is 11.3 Å². The molecule has 0 amide bonds. The van der Waals surface area contributed by atoms with Gasteiger partial charge < -0.3 is 14.6 Å². The molecule has 1 saturated carbocycles. The number of thiophene rings is 1. The average Bonchev–Trinajstić information content (AvgIpc) is 3.25. The molecule has 0 bridgehead atoms. The first kappa shape index (κ1) is 13.4. The number of nitrogens with zero attached hydrogens (tertiary/aromatic N) is 2. The highest BCUT2D eigenvalue weighted by atomic mass is 32.1. The van der Waals surface area contributed by atoms with Crippen LogP contribution < -0.4 is 5.32 Å². The maximum atomic E-state index is 5.74. The summed E-state index contributed by atoms with van der Waals surface area (Å²) in [5, 5.41) is 9.84. The molecule has 112 valence electrons. The molecule has 2 aromatic rings. The minimum Gasteiger partial charge on any atom is -0.370 e. The smallest absolute Gasteiger partial charge is 0.248 e. The fourth-order valence-corrected chi connectivity index (χ4v) is 4.39. The second-order valence-corrected chi connectivity index (χ2v) is 6.80. The molecule has 2 aromatic heterocycles. The molecular weight excluding hydrogens is 286 g/mol. The van der Waals surface area contributed by atoms with Gasteiger partial charge in [0.15, 0.2) is 0 Å². The molecule has 1 unspecified atom stereocenters. The summed E-state index contributed by atoms with van der Waals surface area (Å²) in [5.41, 5.74) is 0.938.